The van der Waals surface area contributed by atoms with Gasteiger partial charge in [0.1, 0.15) is 0 Å². The molecule has 2 fully saturated rings. The van der Waals surface area contributed by atoms with Gasteiger partial charge in [-0.25, -0.2) is 0 Å². The third-order valence-electron chi connectivity index (χ3n) is 6.34. The SMILES string of the molecule is CC(c1ccccc1[Se][Se]c1ccccc1C(C)N1CCCC1)N1CCCC1. The van der Waals surface area contributed by atoms with Gasteiger partial charge in [-0.3, -0.25) is 0 Å². The molecule has 150 valence electrons. The molecule has 4 rings (SSSR count). The van der Waals surface area contributed by atoms with Crippen LogP contribution in [0.1, 0.15) is 62.7 Å². The second-order valence-electron chi connectivity index (χ2n) is 8.08. The quantitative estimate of drug-likeness (QED) is 0.532. The first kappa shape index (κ1) is 20.7. The topological polar surface area (TPSA) is 6.48 Å². The Morgan fingerprint density at radius 2 is 0.964 bits per heavy atom. The van der Waals surface area contributed by atoms with Crippen molar-refractivity contribution in [3.63, 3.8) is 0 Å². The molecule has 2 heterocycles. The molecule has 4 heteroatoms. The van der Waals surface area contributed by atoms with E-state index in [0.29, 0.717) is 38.3 Å². The van der Waals surface area contributed by atoms with E-state index in [1.165, 1.54) is 51.9 Å². The van der Waals surface area contributed by atoms with Gasteiger partial charge in [0.05, 0.1) is 0 Å². The minimum absolute atomic E-state index is 0.540. The molecule has 28 heavy (non-hydrogen) atoms. The first-order valence-corrected chi connectivity index (χ1v) is 16.8. The molecule has 2 unspecified atom stereocenters. The standard InChI is InChI=1S/C24H32N2Se2/c1-19(25-15-7-8-16-25)21-11-3-5-13-23(21)27-28-24-14-6-4-12-22(24)20(2)26-17-9-10-18-26/h3-6,11-14,19-20H,7-10,15-18H2,1-2H3. The zero-order chi connectivity index (χ0) is 19.3. The third-order valence-corrected chi connectivity index (χ3v) is 13.6. The molecular formula is C24H32N2Se2. The van der Waals surface area contributed by atoms with Crippen molar-refractivity contribution in [2.24, 2.45) is 0 Å². The first-order valence-electron chi connectivity index (χ1n) is 10.7. The van der Waals surface area contributed by atoms with E-state index >= 15 is 0 Å². The molecule has 2 nitrogen and oxygen atoms in total. The van der Waals surface area contributed by atoms with Crippen LogP contribution in [0.4, 0.5) is 0 Å². The fraction of sp³-hybridized carbons (Fsp3) is 0.500. The molecule has 2 aromatic rings. The predicted molar refractivity (Wildman–Crippen MR) is 122 cm³/mol. The van der Waals surface area contributed by atoms with Crippen LogP contribution in [-0.2, 0) is 0 Å². The molecule has 0 spiro atoms. The third kappa shape index (κ3) is 4.75. The number of hydrogen-bond donors (Lipinski definition) is 0. The molecule has 0 aromatic heterocycles. The van der Waals surface area contributed by atoms with Crippen molar-refractivity contribution in [3.05, 3.63) is 59.7 Å². The molecular weight excluding hydrogens is 474 g/mol. The fourth-order valence-electron chi connectivity index (χ4n) is 4.54. The van der Waals surface area contributed by atoms with Gasteiger partial charge in [-0.2, -0.15) is 0 Å². The molecule has 2 saturated heterocycles. The van der Waals surface area contributed by atoms with E-state index in [2.05, 4.69) is 72.2 Å². The molecule has 2 aliphatic heterocycles. The van der Waals surface area contributed by atoms with Crippen LogP contribution in [0.15, 0.2) is 48.5 Å². The van der Waals surface area contributed by atoms with Gasteiger partial charge in [0.25, 0.3) is 0 Å². The van der Waals surface area contributed by atoms with Gasteiger partial charge >= 0.3 is 182 Å². The first-order chi connectivity index (χ1) is 13.7. The van der Waals surface area contributed by atoms with Crippen molar-refractivity contribution in [2.45, 2.75) is 51.6 Å². The van der Waals surface area contributed by atoms with E-state index in [-0.39, 0.29) is 0 Å². The Morgan fingerprint density at radius 1 is 0.607 bits per heavy atom. The number of rotatable bonds is 7. The van der Waals surface area contributed by atoms with E-state index in [4.69, 9.17) is 0 Å². The van der Waals surface area contributed by atoms with Gasteiger partial charge < -0.3 is 0 Å². The van der Waals surface area contributed by atoms with E-state index in [1.54, 1.807) is 20.1 Å². The van der Waals surface area contributed by atoms with Crippen LogP contribution in [-0.4, -0.2) is 62.2 Å². The van der Waals surface area contributed by atoms with Crippen molar-refractivity contribution >= 4 is 35.2 Å². The van der Waals surface area contributed by atoms with Crippen molar-refractivity contribution in [2.75, 3.05) is 26.2 Å². The molecule has 0 bridgehead atoms. The average Bonchev–Trinajstić information content (AvgIpc) is 3.46. The summed E-state index contributed by atoms with van der Waals surface area (Å²) < 4.78 is 3.25. The van der Waals surface area contributed by atoms with E-state index in [1.807, 2.05) is 0 Å². The molecule has 0 aliphatic carbocycles. The Bertz CT molecular complexity index is 701. The number of likely N-dealkylation sites (tertiary alicyclic amines) is 2. The van der Waals surface area contributed by atoms with Crippen molar-refractivity contribution in [1.82, 2.24) is 9.80 Å². The van der Waals surface area contributed by atoms with Crippen LogP contribution >= 0.6 is 0 Å². The van der Waals surface area contributed by atoms with Gasteiger partial charge in [0.15, 0.2) is 0 Å². The number of nitrogens with zero attached hydrogens (tertiary/aromatic N) is 2. The Balaban J connectivity index is 1.49. The average molecular weight is 506 g/mol. The number of hydrogen-bond acceptors (Lipinski definition) is 2. The summed E-state index contributed by atoms with van der Waals surface area (Å²) in [6.07, 6.45) is 5.46. The monoisotopic (exact) mass is 508 g/mol. The van der Waals surface area contributed by atoms with Crippen LogP contribution < -0.4 is 8.92 Å². The Labute approximate surface area is 181 Å². The predicted octanol–water partition coefficient (Wildman–Crippen LogP) is 3.27. The second-order valence-corrected chi connectivity index (χ2v) is 14.3. The van der Waals surface area contributed by atoms with E-state index < -0.39 is 0 Å². The molecule has 0 saturated carbocycles. The molecule has 2 atom stereocenters. The second kappa shape index (κ2) is 9.94. The fourth-order valence-corrected chi connectivity index (χ4v) is 12.2. The summed E-state index contributed by atoms with van der Waals surface area (Å²) in [5.74, 6) is 0. The summed E-state index contributed by atoms with van der Waals surface area (Å²) in [5.41, 5.74) is 3.16. The summed E-state index contributed by atoms with van der Waals surface area (Å²) in [7, 11) is 0. The zero-order valence-electron chi connectivity index (χ0n) is 17.1. The summed E-state index contributed by atoms with van der Waals surface area (Å²) >= 11 is 1.08. The van der Waals surface area contributed by atoms with Crippen LogP contribution in [0, 0.1) is 0 Å². The maximum atomic E-state index is 2.67. The summed E-state index contributed by atoms with van der Waals surface area (Å²) in [6, 6.07) is 19.6. The van der Waals surface area contributed by atoms with Crippen molar-refractivity contribution in [1.29, 1.82) is 0 Å². The molecule has 2 aromatic carbocycles. The summed E-state index contributed by atoms with van der Waals surface area (Å²) in [6.45, 7) is 9.90. The maximum absolute atomic E-state index is 2.67. The summed E-state index contributed by atoms with van der Waals surface area (Å²) in [4.78, 5) is 5.34. The Hall–Kier alpha value is -0.601. The van der Waals surface area contributed by atoms with Crippen LogP contribution in [0.3, 0.4) is 0 Å². The van der Waals surface area contributed by atoms with Crippen LogP contribution in [0.5, 0.6) is 0 Å². The molecule has 2 aliphatic rings. The normalized spacial score (nSPS) is 20.5. The van der Waals surface area contributed by atoms with Gasteiger partial charge in [0.2, 0.25) is 0 Å². The molecule has 0 radical (unpaired) electrons. The van der Waals surface area contributed by atoms with E-state index in [9.17, 15) is 0 Å². The Morgan fingerprint density at radius 3 is 1.36 bits per heavy atom. The van der Waals surface area contributed by atoms with Crippen molar-refractivity contribution in [3.8, 4) is 0 Å². The van der Waals surface area contributed by atoms with Crippen LogP contribution in [0.25, 0.3) is 0 Å². The Kier molecular flexibility index (Phi) is 7.33. The van der Waals surface area contributed by atoms with Crippen molar-refractivity contribution < 1.29 is 0 Å². The van der Waals surface area contributed by atoms with Gasteiger partial charge in [-0.1, -0.05) is 0 Å². The number of benzene rings is 2. The van der Waals surface area contributed by atoms with Crippen LogP contribution in [0.2, 0.25) is 0 Å². The van der Waals surface area contributed by atoms with Gasteiger partial charge in [0, 0.05) is 0 Å². The van der Waals surface area contributed by atoms with Gasteiger partial charge in [-0.15, -0.1) is 0 Å². The van der Waals surface area contributed by atoms with E-state index in [0.717, 1.165) is 0 Å². The molecule has 0 amide bonds. The van der Waals surface area contributed by atoms with Gasteiger partial charge in [-0.05, 0) is 0 Å². The minimum atomic E-state index is 0.540. The summed E-state index contributed by atoms with van der Waals surface area (Å²) in [5, 5.41) is 0. The molecule has 0 N–H and O–H groups in total. The zero-order valence-corrected chi connectivity index (χ0v) is 20.6.